The molecule has 1 aromatic heterocycles. The molecule has 0 aliphatic carbocycles. The molecule has 2 unspecified atom stereocenters. The van der Waals surface area contributed by atoms with E-state index in [1.807, 2.05) is 17.4 Å². The highest BCUT2D eigenvalue weighted by Gasteiger charge is 2.30. The predicted molar refractivity (Wildman–Crippen MR) is 75.3 cm³/mol. The van der Waals surface area contributed by atoms with E-state index in [-0.39, 0.29) is 10.9 Å². The summed E-state index contributed by atoms with van der Waals surface area (Å²) < 4.78 is 5.99. The van der Waals surface area contributed by atoms with E-state index in [0.29, 0.717) is 0 Å². The molecule has 0 radical (unpaired) electrons. The summed E-state index contributed by atoms with van der Waals surface area (Å²) in [5, 5.41) is 0. The van der Waals surface area contributed by atoms with Crippen LogP contribution in [0.1, 0.15) is 20.1 Å². The molecule has 3 heteroatoms. The minimum absolute atomic E-state index is 0.213. The normalized spacial score (nSPS) is 19.8. The van der Waals surface area contributed by atoms with E-state index >= 15 is 0 Å². The van der Waals surface area contributed by atoms with E-state index < -0.39 is 0 Å². The van der Waals surface area contributed by atoms with Gasteiger partial charge in [-0.05, 0) is 30.7 Å². The third-order valence-corrected chi connectivity index (χ3v) is 5.50. The van der Waals surface area contributed by atoms with Crippen LogP contribution < -0.4 is 4.74 Å². The predicted octanol–water partition coefficient (Wildman–Crippen LogP) is 4.50. The van der Waals surface area contributed by atoms with Crippen LogP contribution >= 0.6 is 27.3 Å². The summed E-state index contributed by atoms with van der Waals surface area (Å²) in [5.74, 6) is 1.04. The third kappa shape index (κ3) is 2.14. The highest BCUT2D eigenvalue weighted by molar-refractivity contribution is 9.09. The average Bonchev–Trinajstić information content (AvgIpc) is 2.93. The summed E-state index contributed by atoms with van der Waals surface area (Å²) >= 11 is 5.61. The lowest BCUT2D eigenvalue weighted by Crippen LogP contribution is -2.18. The Bertz CT molecular complexity index is 510. The molecule has 0 fully saturated rings. The second kappa shape index (κ2) is 4.46. The lowest BCUT2D eigenvalue weighted by atomic mass is 10.1. The zero-order valence-corrected chi connectivity index (χ0v) is 11.9. The first-order chi connectivity index (χ1) is 8.24. The van der Waals surface area contributed by atoms with Crippen molar-refractivity contribution in [1.29, 1.82) is 0 Å². The Labute approximate surface area is 114 Å². The van der Waals surface area contributed by atoms with Crippen LogP contribution in [0.5, 0.6) is 5.75 Å². The molecule has 17 heavy (non-hydrogen) atoms. The van der Waals surface area contributed by atoms with Crippen LogP contribution in [-0.4, -0.2) is 6.10 Å². The molecule has 1 aromatic carbocycles. The third-order valence-electron chi connectivity index (χ3n) is 3.03. The quantitative estimate of drug-likeness (QED) is 0.742. The Kier molecular flexibility index (Phi) is 2.97. The van der Waals surface area contributed by atoms with Gasteiger partial charge in [-0.15, -0.1) is 11.3 Å². The molecular formula is C14H13BrOS. The van der Waals surface area contributed by atoms with Crippen molar-refractivity contribution in [2.45, 2.75) is 24.3 Å². The van der Waals surface area contributed by atoms with E-state index in [1.54, 1.807) is 0 Å². The van der Waals surface area contributed by atoms with E-state index in [1.165, 1.54) is 15.3 Å². The fourth-order valence-corrected chi connectivity index (χ4v) is 3.79. The first-order valence-corrected chi connectivity index (χ1v) is 7.42. The molecule has 0 saturated carbocycles. The largest absolute Gasteiger partial charge is 0.488 e. The van der Waals surface area contributed by atoms with Gasteiger partial charge in [0, 0.05) is 16.2 Å². The lowest BCUT2D eigenvalue weighted by Gasteiger charge is -2.16. The lowest BCUT2D eigenvalue weighted by molar-refractivity contribution is 0.233. The summed E-state index contributed by atoms with van der Waals surface area (Å²) in [4.78, 5) is 2.98. The number of rotatable bonds is 2. The number of aryl methyl sites for hydroxylation is 1. The van der Waals surface area contributed by atoms with Gasteiger partial charge >= 0.3 is 0 Å². The first kappa shape index (κ1) is 11.3. The van der Waals surface area contributed by atoms with Crippen LogP contribution in [0.2, 0.25) is 0 Å². The maximum absolute atomic E-state index is 5.99. The molecule has 2 heterocycles. The summed E-state index contributed by atoms with van der Waals surface area (Å²) in [6, 6.07) is 12.6. The zero-order chi connectivity index (χ0) is 11.8. The van der Waals surface area contributed by atoms with Crippen LogP contribution in [-0.2, 0) is 6.42 Å². The summed E-state index contributed by atoms with van der Waals surface area (Å²) in [7, 11) is 0. The van der Waals surface area contributed by atoms with Gasteiger partial charge in [0.2, 0.25) is 0 Å². The number of hydrogen-bond donors (Lipinski definition) is 0. The maximum atomic E-state index is 5.99. The Balaban J connectivity index is 1.80. The maximum Gasteiger partial charge on any atom is 0.123 e. The Morgan fingerprint density at radius 3 is 2.82 bits per heavy atom. The van der Waals surface area contributed by atoms with Crippen molar-refractivity contribution in [3.8, 4) is 5.75 Å². The molecule has 1 aliphatic heterocycles. The number of hydrogen-bond acceptors (Lipinski definition) is 2. The SMILES string of the molecule is Cc1ccc(C(Br)C2Cc3ccccc3O2)s1. The van der Waals surface area contributed by atoms with Crippen molar-refractivity contribution in [1.82, 2.24) is 0 Å². The summed E-state index contributed by atoms with van der Waals surface area (Å²) in [5.41, 5.74) is 1.32. The molecule has 2 atom stereocenters. The van der Waals surface area contributed by atoms with Gasteiger partial charge in [0.1, 0.15) is 11.9 Å². The minimum Gasteiger partial charge on any atom is -0.488 e. The first-order valence-electron chi connectivity index (χ1n) is 5.69. The molecule has 88 valence electrons. The van der Waals surface area contributed by atoms with Crippen LogP contribution in [0, 0.1) is 6.92 Å². The van der Waals surface area contributed by atoms with Gasteiger partial charge in [-0.3, -0.25) is 0 Å². The molecule has 0 spiro atoms. The van der Waals surface area contributed by atoms with E-state index in [0.717, 1.165) is 12.2 Å². The molecular weight excluding hydrogens is 296 g/mol. The van der Waals surface area contributed by atoms with Gasteiger partial charge < -0.3 is 4.74 Å². The Morgan fingerprint density at radius 1 is 1.29 bits per heavy atom. The minimum atomic E-state index is 0.213. The number of alkyl halides is 1. The van der Waals surface area contributed by atoms with E-state index in [9.17, 15) is 0 Å². The number of fused-ring (bicyclic) bond motifs is 1. The van der Waals surface area contributed by atoms with E-state index in [2.05, 4.69) is 53.2 Å². The number of para-hydroxylation sites is 1. The van der Waals surface area contributed by atoms with Crippen molar-refractivity contribution in [2.75, 3.05) is 0 Å². The van der Waals surface area contributed by atoms with Crippen LogP contribution in [0.15, 0.2) is 36.4 Å². The van der Waals surface area contributed by atoms with Crippen LogP contribution in [0.3, 0.4) is 0 Å². The monoisotopic (exact) mass is 308 g/mol. The molecule has 0 bridgehead atoms. The molecule has 0 N–H and O–H groups in total. The average molecular weight is 309 g/mol. The molecule has 3 rings (SSSR count). The van der Waals surface area contributed by atoms with Crippen molar-refractivity contribution in [3.05, 3.63) is 51.7 Å². The second-order valence-electron chi connectivity index (χ2n) is 4.32. The molecule has 2 aromatic rings. The van der Waals surface area contributed by atoms with E-state index in [4.69, 9.17) is 4.74 Å². The number of ether oxygens (including phenoxy) is 1. The van der Waals surface area contributed by atoms with Crippen molar-refractivity contribution in [3.63, 3.8) is 0 Å². The van der Waals surface area contributed by atoms with Gasteiger partial charge in [-0.1, -0.05) is 34.1 Å². The molecule has 0 saturated heterocycles. The zero-order valence-electron chi connectivity index (χ0n) is 9.52. The van der Waals surface area contributed by atoms with Gasteiger partial charge in [0.05, 0.1) is 4.83 Å². The molecule has 0 amide bonds. The number of halogens is 1. The van der Waals surface area contributed by atoms with Crippen molar-refractivity contribution >= 4 is 27.3 Å². The Morgan fingerprint density at radius 2 is 2.12 bits per heavy atom. The molecule has 1 nitrogen and oxygen atoms in total. The van der Waals surface area contributed by atoms with Crippen molar-refractivity contribution < 1.29 is 4.74 Å². The molecule has 1 aliphatic rings. The second-order valence-corrected chi connectivity index (χ2v) is 6.62. The fourth-order valence-electron chi connectivity index (χ4n) is 2.16. The number of thiophene rings is 1. The van der Waals surface area contributed by atoms with Crippen molar-refractivity contribution in [2.24, 2.45) is 0 Å². The smallest absolute Gasteiger partial charge is 0.123 e. The fraction of sp³-hybridized carbons (Fsp3) is 0.286. The highest BCUT2D eigenvalue weighted by atomic mass is 79.9. The van der Waals surface area contributed by atoms with Crippen LogP contribution in [0.25, 0.3) is 0 Å². The van der Waals surface area contributed by atoms with Gasteiger partial charge in [-0.25, -0.2) is 0 Å². The summed E-state index contributed by atoms with van der Waals surface area (Å²) in [6.45, 7) is 2.14. The summed E-state index contributed by atoms with van der Waals surface area (Å²) in [6.07, 6.45) is 1.20. The van der Waals surface area contributed by atoms with Crippen LogP contribution in [0.4, 0.5) is 0 Å². The standard InChI is InChI=1S/C14H13BrOS/c1-9-6-7-13(17-9)14(15)12-8-10-4-2-3-5-11(10)16-12/h2-7,12,14H,8H2,1H3. The van der Waals surface area contributed by atoms with Gasteiger partial charge in [0.25, 0.3) is 0 Å². The topological polar surface area (TPSA) is 9.23 Å². The Hall–Kier alpha value is -0.800. The van der Waals surface area contributed by atoms with Gasteiger partial charge in [-0.2, -0.15) is 0 Å². The highest BCUT2D eigenvalue weighted by Crippen LogP contribution is 2.40. The number of benzene rings is 1. The van der Waals surface area contributed by atoms with Gasteiger partial charge in [0.15, 0.2) is 0 Å².